The highest BCUT2D eigenvalue weighted by atomic mass is 32.2. The van der Waals surface area contributed by atoms with Crippen molar-refractivity contribution in [2.75, 3.05) is 19.7 Å². The number of ether oxygens (including phenoxy) is 1. The minimum Gasteiger partial charge on any atom is -0.508 e. The molecule has 3 heterocycles. The Kier molecular flexibility index (Phi) is 27.8. The van der Waals surface area contributed by atoms with Gasteiger partial charge >= 0.3 is 0 Å². The van der Waals surface area contributed by atoms with Crippen LogP contribution in [0, 0.1) is 13.8 Å². The number of nitrogens with zero attached hydrogens (tertiary/aromatic N) is 2. The summed E-state index contributed by atoms with van der Waals surface area (Å²) in [6.45, 7) is 8.95. The van der Waals surface area contributed by atoms with Crippen LogP contribution in [0.5, 0.6) is 11.5 Å². The Bertz CT molecular complexity index is 3560. The minimum atomic E-state index is -4.02. The van der Waals surface area contributed by atoms with Crippen molar-refractivity contribution in [1.82, 2.24) is 36.4 Å². The lowest BCUT2D eigenvalue weighted by Crippen LogP contribution is -2.63. The number of rotatable bonds is 17. The zero-order chi connectivity index (χ0) is 69.0. The summed E-state index contributed by atoms with van der Waals surface area (Å²) in [7, 11) is -8.04. The van der Waals surface area contributed by atoms with E-state index < -0.39 is 122 Å². The Morgan fingerprint density at radius 1 is 0.660 bits per heavy atom. The standard InChI is InChI=1S/C52H73N9O11.2C7H8O3S/c1-4-5-6-7-8-9-25-72-38-20-17-33-26-35(16-15-34(33)27-38)46(65)56-39-11-10-24-55-49(68)42-28-36(53)29-60(42)51(70)44(30(2)62)58-48(67)40(21-14-32-12-18-37(64)19-13-32)57-50(69)41-22-23-43(54)61(41)52(71)45(31(3)63)59-47(39)66;2*1-6-2-4-7(5-3-6)11(8,9)10/h12-13,15-20,26-27,30-31,36,39-45,62-64H,4-11,14,21-25,28-29,53-54H2,1-3H3,(H,55,68)(H,56,65)(H,57,69)(H,58,67)(H,59,66);2*2-5H,1H3,(H,8,9,10)/t30-,31+,36-,39-,40-,41-,42-,43+,44-,45-;;/m0../s1. The van der Waals surface area contributed by atoms with Gasteiger partial charge in [-0.15, -0.1) is 0 Å². The maximum atomic E-state index is 14.5. The SMILES string of the molecule is CCCCCCCCOc1ccc2cc(C(=O)N[C@H]3CCCNC(=O)[C@@H]4C[C@H](N)CN4C(=O)[C@H]([C@H](C)O)NC(=O)[C@H](CCc4ccc(O)cc4)NC(=O)[C@@H]4CC[C@H](N)N4C(=O)[C@H]([C@@H](C)O)NC3=O)ccc2c1.Cc1ccc(S(=O)(=O)O)cc1.Cc1ccc(S(=O)(=O)O)cc1. The molecule has 28 heteroatoms. The van der Waals surface area contributed by atoms with Crippen molar-refractivity contribution in [2.45, 2.75) is 189 Å². The number of phenolic OH excluding ortho intramolecular Hbond substituents is 1. The molecule has 3 fully saturated rings. The van der Waals surface area contributed by atoms with E-state index in [0.29, 0.717) is 17.9 Å². The number of aryl methyl sites for hydroxylation is 3. The quantitative estimate of drug-likeness (QED) is 0.0465. The van der Waals surface area contributed by atoms with Crippen LogP contribution in [0.25, 0.3) is 10.8 Å². The van der Waals surface area contributed by atoms with Gasteiger partial charge in [0.25, 0.3) is 26.1 Å². The van der Waals surface area contributed by atoms with Crippen LogP contribution in [0.15, 0.2) is 119 Å². The Balaban J connectivity index is 0.000000532. The predicted octanol–water partition coefficient (Wildman–Crippen LogP) is 3.83. The van der Waals surface area contributed by atoms with Crippen molar-refractivity contribution >= 4 is 72.4 Å². The summed E-state index contributed by atoms with van der Waals surface area (Å²) in [5.41, 5.74) is 15.6. The Hall–Kier alpha value is -8.09. The van der Waals surface area contributed by atoms with Gasteiger partial charge in [0.15, 0.2) is 0 Å². The van der Waals surface area contributed by atoms with Crippen molar-refractivity contribution in [3.8, 4) is 11.5 Å². The molecule has 3 aliphatic heterocycles. The third kappa shape index (κ3) is 22.0. The van der Waals surface area contributed by atoms with E-state index in [4.69, 9.17) is 25.3 Å². The van der Waals surface area contributed by atoms with E-state index in [-0.39, 0.29) is 79.1 Å². The number of benzene rings is 5. The molecule has 0 radical (unpaired) electrons. The molecule has 512 valence electrons. The fraction of sp³-hybridized carbons (Fsp3) is 0.470. The van der Waals surface area contributed by atoms with Crippen LogP contribution >= 0.6 is 0 Å². The summed E-state index contributed by atoms with van der Waals surface area (Å²) in [5, 5.41) is 46.9. The molecular formula is C66H89N9O17S2. The first-order chi connectivity index (χ1) is 44.4. The molecule has 5 aromatic carbocycles. The number of phenols is 1. The molecule has 10 atom stereocenters. The van der Waals surface area contributed by atoms with Gasteiger partial charge in [0.05, 0.1) is 34.8 Å². The Morgan fingerprint density at radius 2 is 1.22 bits per heavy atom. The van der Waals surface area contributed by atoms with Gasteiger partial charge in [0, 0.05) is 24.7 Å². The topological polar surface area (TPSA) is 417 Å². The lowest BCUT2D eigenvalue weighted by molar-refractivity contribution is -0.146. The Labute approximate surface area is 548 Å². The smallest absolute Gasteiger partial charge is 0.294 e. The molecule has 0 aromatic heterocycles. The molecule has 7 amide bonds. The highest BCUT2D eigenvalue weighted by Crippen LogP contribution is 2.27. The van der Waals surface area contributed by atoms with Crippen LogP contribution in [0.1, 0.15) is 125 Å². The highest BCUT2D eigenvalue weighted by molar-refractivity contribution is 7.86. The van der Waals surface area contributed by atoms with Crippen molar-refractivity contribution in [3.05, 3.63) is 131 Å². The number of aliphatic hydroxyl groups is 2. The maximum absolute atomic E-state index is 14.5. The molecule has 0 aliphatic carbocycles. The second-order valence-corrected chi connectivity index (χ2v) is 26.8. The van der Waals surface area contributed by atoms with Crippen LogP contribution in [0.4, 0.5) is 0 Å². The number of nitrogens with one attached hydrogen (secondary N) is 5. The largest absolute Gasteiger partial charge is 0.508 e. The van der Waals surface area contributed by atoms with Gasteiger partial charge in [0.1, 0.15) is 47.8 Å². The number of fused-ring (bicyclic) bond motifs is 3. The fourth-order valence-corrected chi connectivity index (χ4v) is 12.0. The van der Waals surface area contributed by atoms with Gasteiger partial charge < -0.3 is 67.9 Å². The van der Waals surface area contributed by atoms with Gasteiger partial charge in [-0.1, -0.05) is 98.7 Å². The number of aliphatic hydroxyl groups excluding tert-OH is 2. The first-order valence-corrected chi connectivity index (χ1v) is 34.4. The van der Waals surface area contributed by atoms with E-state index in [2.05, 4.69) is 33.5 Å². The predicted molar refractivity (Wildman–Crippen MR) is 350 cm³/mol. The average Bonchev–Trinajstić information content (AvgIpc) is 1.61. The molecule has 0 saturated carbocycles. The first kappa shape index (κ1) is 74.9. The number of hydrogen-bond donors (Lipinski definition) is 12. The number of amides is 7. The van der Waals surface area contributed by atoms with E-state index >= 15 is 0 Å². The fourth-order valence-electron chi connectivity index (χ4n) is 11.0. The third-order valence-electron chi connectivity index (χ3n) is 16.4. The minimum absolute atomic E-state index is 0.0174. The molecular weight excluding hydrogens is 1250 g/mol. The third-order valence-corrected chi connectivity index (χ3v) is 18.1. The summed E-state index contributed by atoms with van der Waals surface area (Å²) in [6.07, 6.45) is 3.31. The van der Waals surface area contributed by atoms with Crippen molar-refractivity contribution in [1.29, 1.82) is 0 Å². The molecule has 0 spiro atoms. The number of carbonyl (C=O) groups excluding carboxylic acids is 7. The van der Waals surface area contributed by atoms with E-state index in [1.54, 1.807) is 54.6 Å². The molecule has 3 saturated heterocycles. The van der Waals surface area contributed by atoms with Gasteiger partial charge in [-0.25, -0.2) is 0 Å². The maximum Gasteiger partial charge on any atom is 0.294 e. The van der Waals surface area contributed by atoms with Crippen molar-refractivity contribution in [2.24, 2.45) is 11.5 Å². The first-order valence-electron chi connectivity index (χ1n) is 31.5. The van der Waals surface area contributed by atoms with E-state index in [1.807, 2.05) is 32.0 Å². The molecule has 5 aromatic rings. The number of unbranched alkanes of at least 4 members (excludes halogenated alkanes) is 5. The van der Waals surface area contributed by atoms with Crippen molar-refractivity contribution < 1.29 is 79.6 Å². The summed E-state index contributed by atoms with van der Waals surface area (Å²) >= 11 is 0. The molecule has 0 unspecified atom stereocenters. The van der Waals surface area contributed by atoms with Gasteiger partial charge in [-0.2, -0.15) is 16.8 Å². The van der Waals surface area contributed by atoms with Gasteiger partial charge in [-0.3, -0.25) is 42.7 Å². The summed E-state index contributed by atoms with van der Waals surface area (Å²) in [4.78, 5) is 101. The zero-order valence-electron chi connectivity index (χ0n) is 53.5. The lowest BCUT2D eigenvalue weighted by Gasteiger charge is -2.34. The summed E-state index contributed by atoms with van der Waals surface area (Å²) in [5.74, 6) is -4.61. The van der Waals surface area contributed by atoms with Crippen LogP contribution in [0.3, 0.4) is 0 Å². The molecule has 3 aliphatic rings. The van der Waals surface area contributed by atoms with Crippen molar-refractivity contribution in [3.63, 3.8) is 0 Å². The van der Waals surface area contributed by atoms with Crippen LogP contribution in [-0.4, -0.2) is 173 Å². The number of hydrogen-bond acceptors (Lipinski definition) is 17. The molecule has 8 rings (SSSR count). The number of carbonyl (C=O) groups is 7. The van der Waals surface area contributed by atoms with Gasteiger partial charge in [0.2, 0.25) is 35.4 Å². The molecule has 0 bridgehead atoms. The van der Waals surface area contributed by atoms with Crippen LogP contribution in [0.2, 0.25) is 0 Å². The number of aromatic hydroxyl groups is 1. The van der Waals surface area contributed by atoms with Crippen LogP contribution in [-0.2, 0) is 55.4 Å². The Morgan fingerprint density at radius 3 is 1.82 bits per heavy atom. The normalized spacial score (nSPS) is 22.5. The zero-order valence-corrected chi connectivity index (χ0v) is 55.1. The molecule has 94 heavy (non-hydrogen) atoms. The highest BCUT2D eigenvalue weighted by Gasteiger charge is 2.46. The lowest BCUT2D eigenvalue weighted by atomic mass is 10.0. The second kappa shape index (κ2) is 34.9. The number of nitrogens with two attached hydrogens (primary N) is 2. The van der Waals surface area contributed by atoms with Crippen LogP contribution < -0.4 is 42.8 Å². The summed E-state index contributed by atoms with van der Waals surface area (Å²) in [6, 6.07) is 20.0. The van der Waals surface area contributed by atoms with Gasteiger partial charge in [-0.05, 0) is 156 Å². The van der Waals surface area contributed by atoms with E-state index in [9.17, 15) is 65.7 Å². The van der Waals surface area contributed by atoms with E-state index in [0.717, 1.165) is 39.6 Å². The molecule has 26 nitrogen and oxygen atoms in total. The van der Waals surface area contributed by atoms with E-state index in [1.165, 1.54) is 80.8 Å². The monoisotopic (exact) mass is 1340 g/mol. The summed E-state index contributed by atoms with van der Waals surface area (Å²) < 4.78 is 65.1. The average molecular weight is 1340 g/mol. The second-order valence-electron chi connectivity index (χ2n) is 24.0. The molecule has 14 N–H and O–H groups in total.